The molecule has 5 N–H and O–H groups in total. The molecule has 122 valence electrons. The quantitative estimate of drug-likeness (QED) is 0.724. The van der Waals surface area contributed by atoms with Gasteiger partial charge in [0.15, 0.2) is 0 Å². The number of hydrogen-bond donors (Lipinski definition) is 3. The number of likely N-dealkylation sites (N-methyl/N-ethyl adjacent to an activating group) is 1. The van der Waals surface area contributed by atoms with E-state index in [2.05, 4.69) is 5.32 Å². The fraction of sp³-hybridized carbons (Fsp3) is 0.562. The largest absolute Gasteiger partial charge is 0.444 e. The van der Waals surface area contributed by atoms with Gasteiger partial charge in [-0.25, -0.2) is 4.79 Å². The topological polar surface area (TPSA) is 93.6 Å². The summed E-state index contributed by atoms with van der Waals surface area (Å²) in [5.74, 6) is 0.167. The summed E-state index contributed by atoms with van der Waals surface area (Å²) in [4.78, 5) is 13.9. The molecule has 1 saturated heterocycles. The molecule has 2 rings (SSSR count). The SMILES string of the molecule is CN(C(=O)OC(C)(C)C)[C@H]1CNC[C@@H]1c1ccc(N)c(N)c1. The molecule has 1 heterocycles. The highest BCUT2D eigenvalue weighted by atomic mass is 16.6. The van der Waals surface area contributed by atoms with E-state index in [4.69, 9.17) is 16.2 Å². The summed E-state index contributed by atoms with van der Waals surface area (Å²) in [6.07, 6.45) is -0.311. The number of anilines is 2. The van der Waals surface area contributed by atoms with E-state index < -0.39 is 5.60 Å². The minimum atomic E-state index is -0.501. The molecule has 6 heteroatoms. The maximum Gasteiger partial charge on any atom is 0.410 e. The first-order chi connectivity index (χ1) is 10.2. The van der Waals surface area contributed by atoms with Crippen LogP contribution < -0.4 is 16.8 Å². The minimum Gasteiger partial charge on any atom is -0.444 e. The number of nitrogens with two attached hydrogens (primary N) is 2. The van der Waals surface area contributed by atoms with Crippen molar-refractivity contribution in [1.82, 2.24) is 10.2 Å². The molecule has 1 amide bonds. The molecule has 1 aliphatic rings. The molecular weight excluding hydrogens is 280 g/mol. The molecule has 2 atom stereocenters. The molecule has 6 nitrogen and oxygen atoms in total. The van der Waals surface area contributed by atoms with Gasteiger partial charge < -0.3 is 26.4 Å². The Kier molecular flexibility index (Phi) is 4.51. The highest BCUT2D eigenvalue weighted by Gasteiger charge is 2.35. The average Bonchev–Trinajstić information content (AvgIpc) is 2.88. The Bertz CT molecular complexity index is 554. The number of nitrogen functional groups attached to an aromatic ring is 2. The summed E-state index contributed by atoms with van der Waals surface area (Å²) in [7, 11) is 1.78. The third-order valence-corrected chi connectivity index (χ3v) is 3.90. The molecule has 0 bridgehead atoms. The number of carbonyl (C=O) groups is 1. The Morgan fingerprint density at radius 2 is 1.95 bits per heavy atom. The van der Waals surface area contributed by atoms with Gasteiger partial charge in [-0.1, -0.05) is 6.07 Å². The third kappa shape index (κ3) is 3.62. The van der Waals surface area contributed by atoms with Crippen molar-refractivity contribution in [2.75, 3.05) is 31.6 Å². The zero-order valence-electron chi connectivity index (χ0n) is 13.7. The molecule has 0 aliphatic carbocycles. The fourth-order valence-electron chi connectivity index (χ4n) is 2.71. The van der Waals surface area contributed by atoms with Crippen LogP contribution >= 0.6 is 0 Å². The van der Waals surface area contributed by atoms with Crippen LogP contribution in [0.25, 0.3) is 0 Å². The fourth-order valence-corrected chi connectivity index (χ4v) is 2.71. The third-order valence-electron chi connectivity index (χ3n) is 3.90. The Labute approximate surface area is 131 Å². The Hall–Kier alpha value is -1.95. The monoisotopic (exact) mass is 306 g/mol. The molecule has 22 heavy (non-hydrogen) atoms. The second-order valence-electron chi connectivity index (χ2n) is 6.81. The van der Waals surface area contributed by atoms with Gasteiger partial charge in [-0.05, 0) is 38.5 Å². The van der Waals surface area contributed by atoms with Gasteiger partial charge in [0.1, 0.15) is 5.60 Å². The van der Waals surface area contributed by atoms with Crippen molar-refractivity contribution in [2.24, 2.45) is 0 Å². The first-order valence-corrected chi connectivity index (χ1v) is 7.50. The maximum absolute atomic E-state index is 12.3. The van der Waals surface area contributed by atoms with E-state index in [1.54, 1.807) is 11.9 Å². The van der Waals surface area contributed by atoms with E-state index in [9.17, 15) is 4.79 Å². The van der Waals surface area contributed by atoms with Crippen molar-refractivity contribution in [2.45, 2.75) is 38.3 Å². The number of hydrogen-bond acceptors (Lipinski definition) is 5. The van der Waals surface area contributed by atoms with Crippen LogP contribution in [-0.4, -0.2) is 42.8 Å². The lowest BCUT2D eigenvalue weighted by Gasteiger charge is -2.31. The molecule has 0 aromatic heterocycles. The molecule has 0 saturated carbocycles. The second-order valence-corrected chi connectivity index (χ2v) is 6.81. The number of rotatable bonds is 2. The van der Waals surface area contributed by atoms with Gasteiger partial charge in [0, 0.05) is 26.1 Å². The van der Waals surface area contributed by atoms with Gasteiger partial charge in [0.25, 0.3) is 0 Å². The smallest absolute Gasteiger partial charge is 0.410 e. The Morgan fingerprint density at radius 3 is 2.55 bits per heavy atom. The highest BCUT2D eigenvalue weighted by molar-refractivity contribution is 5.69. The normalized spacial score (nSPS) is 21.6. The van der Waals surface area contributed by atoms with Crippen molar-refractivity contribution in [1.29, 1.82) is 0 Å². The summed E-state index contributed by atoms with van der Waals surface area (Å²) in [5, 5.41) is 3.33. The van der Waals surface area contributed by atoms with Gasteiger partial charge in [-0.2, -0.15) is 0 Å². The first kappa shape index (κ1) is 16.4. The molecule has 1 aromatic carbocycles. The van der Waals surface area contributed by atoms with Crippen molar-refractivity contribution >= 4 is 17.5 Å². The number of benzene rings is 1. The summed E-state index contributed by atoms with van der Waals surface area (Å²) in [5.41, 5.74) is 13.4. The van der Waals surface area contributed by atoms with Crippen molar-refractivity contribution in [3.8, 4) is 0 Å². The van der Waals surface area contributed by atoms with Crippen LogP contribution in [-0.2, 0) is 4.74 Å². The summed E-state index contributed by atoms with van der Waals surface area (Å²) < 4.78 is 5.45. The molecule has 1 aromatic rings. The van der Waals surface area contributed by atoms with E-state index in [0.29, 0.717) is 11.4 Å². The average molecular weight is 306 g/mol. The maximum atomic E-state index is 12.3. The second kappa shape index (κ2) is 6.04. The van der Waals surface area contributed by atoms with Gasteiger partial charge in [-0.15, -0.1) is 0 Å². The van der Waals surface area contributed by atoms with E-state index in [1.807, 2.05) is 39.0 Å². The number of ether oxygens (including phenoxy) is 1. The van der Waals surface area contributed by atoms with Crippen LogP contribution in [0.3, 0.4) is 0 Å². The van der Waals surface area contributed by atoms with Crippen molar-refractivity contribution < 1.29 is 9.53 Å². The standard InChI is InChI=1S/C16H26N4O2/c1-16(2,3)22-15(21)20(4)14-9-19-8-11(14)10-5-6-12(17)13(18)7-10/h5-7,11,14,19H,8-9,17-18H2,1-4H3/t11-,14+/m1/s1. The molecule has 1 aliphatic heterocycles. The highest BCUT2D eigenvalue weighted by Crippen LogP contribution is 2.30. The number of nitrogens with zero attached hydrogens (tertiary/aromatic N) is 1. The zero-order valence-corrected chi connectivity index (χ0v) is 13.7. The zero-order chi connectivity index (χ0) is 16.5. The predicted molar refractivity (Wildman–Crippen MR) is 88.7 cm³/mol. The van der Waals surface area contributed by atoms with E-state index >= 15 is 0 Å². The van der Waals surface area contributed by atoms with Gasteiger partial charge in [0.2, 0.25) is 0 Å². The number of amides is 1. The minimum absolute atomic E-state index is 0.0258. The lowest BCUT2D eigenvalue weighted by atomic mass is 9.93. The van der Waals surface area contributed by atoms with E-state index in [1.165, 1.54) is 0 Å². The molecule has 1 fully saturated rings. The number of carbonyl (C=O) groups excluding carboxylic acids is 1. The van der Waals surface area contributed by atoms with Gasteiger partial charge in [-0.3, -0.25) is 0 Å². The van der Waals surface area contributed by atoms with Gasteiger partial charge >= 0.3 is 6.09 Å². The van der Waals surface area contributed by atoms with Crippen LogP contribution in [0.4, 0.5) is 16.2 Å². The molecule has 0 radical (unpaired) electrons. The Balaban J connectivity index is 2.16. The summed E-state index contributed by atoms with van der Waals surface area (Å²) in [6.45, 7) is 7.11. The molecular formula is C16H26N4O2. The Morgan fingerprint density at radius 1 is 1.27 bits per heavy atom. The van der Waals surface area contributed by atoms with Gasteiger partial charge in [0.05, 0.1) is 17.4 Å². The van der Waals surface area contributed by atoms with Crippen LogP contribution in [0.2, 0.25) is 0 Å². The van der Waals surface area contributed by atoms with Crippen LogP contribution in [0.1, 0.15) is 32.3 Å². The van der Waals surface area contributed by atoms with Crippen LogP contribution in [0.15, 0.2) is 18.2 Å². The first-order valence-electron chi connectivity index (χ1n) is 7.50. The summed E-state index contributed by atoms with van der Waals surface area (Å²) in [6, 6.07) is 5.70. The van der Waals surface area contributed by atoms with Crippen molar-refractivity contribution in [3.63, 3.8) is 0 Å². The summed E-state index contributed by atoms with van der Waals surface area (Å²) >= 11 is 0. The van der Waals surface area contributed by atoms with Crippen LogP contribution in [0, 0.1) is 0 Å². The lowest BCUT2D eigenvalue weighted by Crippen LogP contribution is -2.44. The number of nitrogens with one attached hydrogen (secondary N) is 1. The predicted octanol–water partition coefficient (Wildman–Crippen LogP) is 1.77. The molecule has 0 spiro atoms. The van der Waals surface area contributed by atoms with E-state index in [-0.39, 0.29) is 18.1 Å². The van der Waals surface area contributed by atoms with E-state index in [0.717, 1.165) is 18.7 Å². The lowest BCUT2D eigenvalue weighted by molar-refractivity contribution is 0.0224. The van der Waals surface area contributed by atoms with Crippen molar-refractivity contribution in [3.05, 3.63) is 23.8 Å². The van der Waals surface area contributed by atoms with Crippen LogP contribution in [0.5, 0.6) is 0 Å². The molecule has 0 unspecified atom stereocenters.